The van der Waals surface area contributed by atoms with Gasteiger partial charge in [-0.05, 0) is 61.4 Å². The topological polar surface area (TPSA) is 49.4 Å². The van der Waals surface area contributed by atoms with Gasteiger partial charge in [-0.1, -0.05) is 22.9 Å². The molecule has 2 amide bonds. The molecule has 0 fully saturated rings. The fourth-order valence-corrected chi connectivity index (χ4v) is 3.69. The van der Waals surface area contributed by atoms with E-state index < -0.39 is 0 Å². The van der Waals surface area contributed by atoms with Crippen LogP contribution in [0.4, 0.5) is 10.1 Å². The van der Waals surface area contributed by atoms with Crippen LogP contribution in [0.15, 0.2) is 46.9 Å². The highest BCUT2D eigenvalue weighted by Gasteiger charge is 2.34. The lowest BCUT2D eigenvalue weighted by molar-refractivity contribution is -0.121. The monoisotopic (exact) mass is 418 g/mol. The summed E-state index contributed by atoms with van der Waals surface area (Å²) >= 11 is 3.47. The zero-order valence-electron chi connectivity index (χ0n) is 14.6. The summed E-state index contributed by atoms with van der Waals surface area (Å²) in [5.41, 5.74) is 2.10. The van der Waals surface area contributed by atoms with E-state index in [0.717, 1.165) is 15.7 Å². The van der Waals surface area contributed by atoms with Gasteiger partial charge in [0.2, 0.25) is 5.91 Å². The van der Waals surface area contributed by atoms with E-state index >= 15 is 0 Å². The van der Waals surface area contributed by atoms with Crippen LogP contribution in [-0.4, -0.2) is 17.9 Å². The van der Waals surface area contributed by atoms with Gasteiger partial charge in [-0.3, -0.25) is 9.59 Å². The molecule has 0 aliphatic carbocycles. The van der Waals surface area contributed by atoms with Gasteiger partial charge in [-0.2, -0.15) is 0 Å². The molecule has 0 bridgehead atoms. The first-order chi connectivity index (χ1) is 12.4. The van der Waals surface area contributed by atoms with Crippen molar-refractivity contribution in [3.63, 3.8) is 0 Å². The van der Waals surface area contributed by atoms with Crippen molar-refractivity contribution in [3.05, 3.63) is 63.9 Å². The van der Waals surface area contributed by atoms with Crippen LogP contribution in [0.2, 0.25) is 0 Å². The minimum absolute atomic E-state index is 0.0218. The molecular weight excluding hydrogens is 399 g/mol. The Bertz CT molecular complexity index is 838. The van der Waals surface area contributed by atoms with Gasteiger partial charge in [-0.25, -0.2) is 4.39 Å². The molecule has 0 saturated carbocycles. The quantitative estimate of drug-likeness (QED) is 0.791. The van der Waals surface area contributed by atoms with Gasteiger partial charge in [0, 0.05) is 28.2 Å². The summed E-state index contributed by atoms with van der Waals surface area (Å²) in [6.07, 6.45) is 1.02. The summed E-state index contributed by atoms with van der Waals surface area (Å²) in [5.74, 6) is -0.576. The molecule has 136 valence electrons. The molecule has 1 heterocycles. The molecule has 2 atom stereocenters. The first kappa shape index (κ1) is 18.6. The summed E-state index contributed by atoms with van der Waals surface area (Å²) in [4.78, 5) is 26.7. The minimum atomic E-state index is -0.375. The Labute approximate surface area is 160 Å². The average Bonchev–Trinajstić information content (AvgIpc) is 2.62. The molecule has 0 radical (unpaired) electrons. The maximum atomic E-state index is 13.2. The molecule has 3 rings (SSSR count). The molecule has 1 aliphatic heterocycles. The number of hydrogen-bond acceptors (Lipinski definition) is 2. The molecule has 0 saturated heterocycles. The first-order valence-corrected chi connectivity index (χ1v) is 9.38. The van der Waals surface area contributed by atoms with E-state index in [1.54, 1.807) is 4.90 Å². The molecule has 4 nitrogen and oxygen atoms in total. The van der Waals surface area contributed by atoms with Crippen LogP contribution in [0.1, 0.15) is 48.7 Å². The highest BCUT2D eigenvalue weighted by molar-refractivity contribution is 9.10. The van der Waals surface area contributed by atoms with Crippen molar-refractivity contribution in [3.8, 4) is 0 Å². The molecule has 2 aromatic rings. The fourth-order valence-electron chi connectivity index (χ4n) is 3.31. The fraction of sp³-hybridized carbons (Fsp3) is 0.300. The van der Waals surface area contributed by atoms with Gasteiger partial charge < -0.3 is 10.2 Å². The summed E-state index contributed by atoms with van der Waals surface area (Å²) < 4.78 is 14.1. The van der Waals surface area contributed by atoms with Crippen molar-refractivity contribution < 1.29 is 14.0 Å². The third-order valence-electron chi connectivity index (χ3n) is 4.61. The predicted octanol–water partition coefficient (Wildman–Crippen LogP) is 4.59. The number of carbonyl (C=O) groups excluding carboxylic acids is 2. The van der Waals surface area contributed by atoms with Crippen molar-refractivity contribution >= 4 is 33.4 Å². The Kier molecular flexibility index (Phi) is 5.41. The molecule has 0 unspecified atom stereocenters. The number of nitrogens with one attached hydrogen (secondary N) is 1. The number of nitrogens with zero attached hydrogens (tertiary/aromatic N) is 1. The van der Waals surface area contributed by atoms with Crippen molar-refractivity contribution in [2.45, 2.75) is 38.8 Å². The zero-order valence-corrected chi connectivity index (χ0v) is 16.2. The lowest BCUT2D eigenvalue weighted by Crippen LogP contribution is -2.46. The summed E-state index contributed by atoms with van der Waals surface area (Å²) in [6.45, 7) is 3.77. The highest BCUT2D eigenvalue weighted by atomic mass is 79.9. The molecule has 0 aromatic heterocycles. The number of anilines is 1. The van der Waals surface area contributed by atoms with Crippen molar-refractivity contribution in [2.75, 3.05) is 4.90 Å². The number of amides is 2. The number of benzene rings is 2. The predicted molar refractivity (Wildman–Crippen MR) is 103 cm³/mol. The lowest BCUT2D eigenvalue weighted by atomic mass is 9.91. The van der Waals surface area contributed by atoms with E-state index in [-0.39, 0.29) is 29.7 Å². The smallest absolute Gasteiger partial charge is 0.258 e. The van der Waals surface area contributed by atoms with Crippen LogP contribution in [0.3, 0.4) is 0 Å². The number of carbonyl (C=O) groups is 2. The van der Waals surface area contributed by atoms with E-state index in [1.807, 2.05) is 32.0 Å². The average molecular weight is 419 g/mol. The zero-order chi connectivity index (χ0) is 18.8. The summed E-state index contributed by atoms with van der Waals surface area (Å²) in [5, 5.41) is 3.04. The Morgan fingerprint density at radius 2 is 1.92 bits per heavy atom. The SMILES string of the molecule is CCC(=O)N[C@@H]1C[C@H](C)N(C(=O)c2ccc(F)cc2)c2ccc(Br)cc21. The highest BCUT2D eigenvalue weighted by Crippen LogP contribution is 2.39. The molecule has 2 aromatic carbocycles. The third-order valence-corrected chi connectivity index (χ3v) is 5.10. The van der Waals surface area contributed by atoms with Crippen LogP contribution < -0.4 is 10.2 Å². The second-order valence-electron chi connectivity index (χ2n) is 6.44. The Morgan fingerprint density at radius 3 is 2.58 bits per heavy atom. The van der Waals surface area contributed by atoms with Gasteiger partial charge in [0.1, 0.15) is 5.82 Å². The molecule has 1 N–H and O–H groups in total. The Hall–Kier alpha value is -2.21. The summed E-state index contributed by atoms with van der Waals surface area (Å²) in [7, 11) is 0. The Balaban J connectivity index is 2.01. The first-order valence-electron chi connectivity index (χ1n) is 8.58. The van der Waals surface area contributed by atoms with E-state index in [4.69, 9.17) is 0 Å². The molecule has 26 heavy (non-hydrogen) atoms. The number of fused-ring (bicyclic) bond motifs is 1. The van der Waals surface area contributed by atoms with Gasteiger partial charge in [-0.15, -0.1) is 0 Å². The molecule has 0 spiro atoms. The van der Waals surface area contributed by atoms with Gasteiger partial charge in [0.25, 0.3) is 5.91 Å². The van der Waals surface area contributed by atoms with Crippen LogP contribution in [0.5, 0.6) is 0 Å². The van der Waals surface area contributed by atoms with Gasteiger partial charge in [0.05, 0.1) is 6.04 Å². The van der Waals surface area contributed by atoms with Crippen LogP contribution in [0, 0.1) is 5.82 Å². The minimum Gasteiger partial charge on any atom is -0.349 e. The second kappa shape index (κ2) is 7.58. The van der Waals surface area contributed by atoms with Gasteiger partial charge in [0.15, 0.2) is 0 Å². The van der Waals surface area contributed by atoms with Crippen LogP contribution >= 0.6 is 15.9 Å². The molecule has 6 heteroatoms. The number of halogens is 2. The molecular formula is C20H20BrFN2O2. The maximum Gasteiger partial charge on any atom is 0.258 e. The largest absolute Gasteiger partial charge is 0.349 e. The number of rotatable bonds is 3. The van der Waals surface area contributed by atoms with Crippen molar-refractivity contribution in [2.24, 2.45) is 0 Å². The van der Waals surface area contributed by atoms with Crippen molar-refractivity contribution in [1.29, 1.82) is 0 Å². The Morgan fingerprint density at radius 1 is 1.23 bits per heavy atom. The standard InChI is InChI=1S/C20H20BrFN2O2/c1-3-19(25)23-17-10-12(2)24(18-9-6-14(21)11-16(17)18)20(26)13-4-7-15(22)8-5-13/h4-9,11-12,17H,3,10H2,1-2H3,(H,23,25)/t12-,17+/m0/s1. The van der Waals surface area contributed by atoms with E-state index in [0.29, 0.717) is 18.4 Å². The normalized spacial score (nSPS) is 19.0. The second-order valence-corrected chi connectivity index (χ2v) is 7.36. The van der Waals surface area contributed by atoms with E-state index in [9.17, 15) is 14.0 Å². The lowest BCUT2D eigenvalue weighted by Gasteiger charge is -2.39. The van der Waals surface area contributed by atoms with Crippen LogP contribution in [-0.2, 0) is 4.79 Å². The number of hydrogen-bond donors (Lipinski definition) is 1. The maximum absolute atomic E-state index is 13.2. The van der Waals surface area contributed by atoms with Crippen LogP contribution in [0.25, 0.3) is 0 Å². The van der Waals surface area contributed by atoms with E-state index in [1.165, 1.54) is 24.3 Å². The van der Waals surface area contributed by atoms with Gasteiger partial charge >= 0.3 is 0 Å². The summed E-state index contributed by atoms with van der Waals surface area (Å²) in [6, 6.07) is 11.0. The third kappa shape index (κ3) is 3.65. The van der Waals surface area contributed by atoms with E-state index in [2.05, 4.69) is 21.2 Å². The molecule has 1 aliphatic rings. The van der Waals surface area contributed by atoms with Crippen molar-refractivity contribution in [1.82, 2.24) is 5.32 Å².